The number of carbonyl (C=O) groups is 1. The summed E-state index contributed by atoms with van der Waals surface area (Å²) in [6, 6.07) is 16.5. The number of imidazole rings is 1. The van der Waals surface area contributed by atoms with Crippen molar-refractivity contribution >= 4 is 68.3 Å². The van der Waals surface area contributed by atoms with Gasteiger partial charge in [0.15, 0.2) is 20.4 Å². The molecule has 1 amide bonds. The van der Waals surface area contributed by atoms with Gasteiger partial charge in [0.1, 0.15) is 4.70 Å². The molecule has 0 unspecified atom stereocenters. The summed E-state index contributed by atoms with van der Waals surface area (Å²) in [4.78, 5) is 22.9. The lowest BCUT2D eigenvalue weighted by molar-refractivity contribution is -0.119. The van der Waals surface area contributed by atoms with Crippen LogP contribution in [0.25, 0.3) is 32.7 Å². The topological polar surface area (TPSA) is 64.2 Å². The van der Waals surface area contributed by atoms with Crippen molar-refractivity contribution in [3.63, 3.8) is 0 Å². The number of hydrogen-bond donors (Lipinski definition) is 1. The molecule has 9 heteroatoms. The van der Waals surface area contributed by atoms with E-state index >= 15 is 0 Å². The van der Waals surface area contributed by atoms with Gasteiger partial charge in [-0.3, -0.25) is 13.8 Å². The van der Waals surface area contributed by atoms with E-state index in [1.807, 2.05) is 41.0 Å². The Balaban J connectivity index is 1.47. The SMILES string of the molecule is Cc1ccccc1-n1c(=S)sc2c1nc(SCC(=O)NC1CCCCC1)n1c3ccccc3nc21. The number of carbonyl (C=O) groups excluding carboxylic acids is 1. The quantitative estimate of drug-likeness (QED) is 0.164. The van der Waals surface area contributed by atoms with Gasteiger partial charge in [-0.25, -0.2) is 9.97 Å². The molecule has 2 aromatic carbocycles. The number of rotatable bonds is 5. The van der Waals surface area contributed by atoms with Crippen LogP contribution in [0.2, 0.25) is 0 Å². The number of thioether (sulfide) groups is 1. The number of benzene rings is 2. The third kappa shape index (κ3) is 4.15. The third-order valence-corrected chi connectivity index (χ3v) is 8.90. The molecule has 1 saturated carbocycles. The van der Waals surface area contributed by atoms with Gasteiger partial charge in [-0.15, -0.1) is 0 Å². The normalized spacial score (nSPS) is 14.8. The van der Waals surface area contributed by atoms with E-state index < -0.39 is 0 Å². The van der Waals surface area contributed by atoms with Crippen LogP contribution < -0.4 is 5.32 Å². The Morgan fingerprint density at radius 3 is 2.69 bits per heavy atom. The van der Waals surface area contributed by atoms with Crippen molar-refractivity contribution in [3.05, 3.63) is 58.0 Å². The van der Waals surface area contributed by atoms with Crippen LogP contribution in [0.5, 0.6) is 0 Å². The molecule has 0 aliphatic heterocycles. The highest BCUT2D eigenvalue weighted by Gasteiger charge is 2.21. The highest BCUT2D eigenvalue weighted by molar-refractivity contribution is 7.99. The number of para-hydroxylation sites is 3. The summed E-state index contributed by atoms with van der Waals surface area (Å²) in [5, 5.41) is 3.97. The van der Waals surface area contributed by atoms with E-state index in [0.29, 0.717) is 11.8 Å². The molecule has 1 aliphatic carbocycles. The van der Waals surface area contributed by atoms with Crippen molar-refractivity contribution in [2.45, 2.75) is 50.2 Å². The number of fused-ring (bicyclic) bond motifs is 5. The van der Waals surface area contributed by atoms with Crippen LogP contribution in [0, 0.1) is 10.9 Å². The van der Waals surface area contributed by atoms with Crippen molar-refractivity contribution in [2.75, 3.05) is 5.75 Å². The summed E-state index contributed by atoms with van der Waals surface area (Å²) in [6.45, 7) is 2.08. The first kappa shape index (κ1) is 22.7. The monoisotopic (exact) mass is 519 g/mol. The average molecular weight is 520 g/mol. The molecular formula is C26H25N5OS3. The molecule has 1 fully saturated rings. The highest BCUT2D eigenvalue weighted by Crippen LogP contribution is 2.34. The number of hydrogen-bond acceptors (Lipinski definition) is 6. The summed E-state index contributed by atoms with van der Waals surface area (Å²) >= 11 is 8.79. The second-order valence-electron chi connectivity index (χ2n) is 8.99. The fourth-order valence-electron chi connectivity index (χ4n) is 4.90. The summed E-state index contributed by atoms with van der Waals surface area (Å²) in [6.07, 6.45) is 5.80. The Labute approximate surface area is 216 Å². The molecule has 6 rings (SSSR count). The number of nitrogens with one attached hydrogen (secondary N) is 1. The molecule has 3 aromatic heterocycles. The predicted molar refractivity (Wildman–Crippen MR) is 147 cm³/mol. The maximum absolute atomic E-state index is 12.8. The van der Waals surface area contributed by atoms with E-state index in [-0.39, 0.29) is 5.91 Å². The Morgan fingerprint density at radius 1 is 1.09 bits per heavy atom. The zero-order valence-electron chi connectivity index (χ0n) is 19.4. The Morgan fingerprint density at radius 2 is 1.86 bits per heavy atom. The van der Waals surface area contributed by atoms with Crippen LogP contribution in [0.15, 0.2) is 53.7 Å². The first-order chi connectivity index (χ1) is 17.1. The summed E-state index contributed by atoms with van der Waals surface area (Å²) < 4.78 is 5.79. The lowest BCUT2D eigenvalue weighted by Gasteiger charge is -2.22. The summed E-state index contributed by atoms with van der Waals surface area (Å²) in [7, 11) is 0. The van der Waals surface area contributed by atoms with E-state index in [2.05, 4.69) is 28.8 Å². The van der Waals surface area contributed by atoms with E-state index in [1.165, 1.54) is 42.4 Å². The van der Waals surface area contributed by atoms with Gasteiger partial charge in [0.2, 0.25) is 5.91 Å². The number of aryl methyl sites for hydroxylation is 1. The second kappa shape index (κ2) is 9.37. The molecule has 0 radical (unpaired) electrons. The van der Waals surface area contributed by atoms with E-state index in [1.54, 1.807) is 0 Å². The van der Waals surface area contributed by atoms with Crippen molar-refractivity contribution in [3.8, 4) is 5.69 Å². The molecule has 178 valence electrons. The molecule has 0 bridgehead atoms. The fourth-order valence-corrected chi connectivity index (χ4v) is 7.05. The van der Waals surface area contributed by atoms with Crippen molar-refractivity contribution in [1.82, 2.24) is 24.3 Å². The zero-order valence-corrected chi connectivity index (χ0v) is 21.8. The summed E-state index contributed by atoms with van der Waals surface area (Å²) in [5.74, 6) is 0.369. The van der Waals surface area contributed by atoms with Gasteiger partial charge in [0, 0.05) is 6.04 Å². The van der Waals surface area contributed by atoms with Gasteiger partial charge >= 0.3 is 0 Å². The lowest BCUT2D eigenvalue weighted by atomic mass is 9.95. The zero-order chi connectivity index (χ0) is 23.9. The third-order valence-electron chi connectivity index (χ3n) is 6.60. The van der Waals surface area contributed by atoms with Gasteiger partial charge in [-0.05, 0) is 55.7 Å². The van der Waals surface area contributed by atoms with Gasteiger partial charge in [0.25, 0.3) is 0 Å². The molecule has 1 aliphatic rings. The molecule has 1 N–H and O–H groups in total. The van der Waals surface area contributed by atoms with Gasteiger partial charge in [0.05, 0.1) is 22.5 Å². The molecule has 3 heterocycles. The highest BCUT2D eigenvalue weighted by atomic mass is 32.2. The standard InChI is InChI=1S/C26H25N5OS3/c1-16-9-5-7-13-19(16)31-24-22(35-26(31)33)23-28-18-12-6-8-14-20(18)30(23)25(29-24)34-15-21(32)27-17-10-3-2-4-11-17/h5-9,12-14,17H,2-4,10-11,15H2,1H3,(H,27,32). The lowest BCUT2D eigenvalue weighted by Crippen LogP contribution is -2.37. The molecule has 6 nitrogen and oxygen atoms in total. The first-order valence-corrected chi connectivity index (χ1v) is 14.1. The molecule has 35 heavy (non-hydrogen) atoms. The molecular weight excluding hydrogens is 495 g/mol. The van der Waals surface area contributed by atoms with Gasteiger partial charge in [-0.2, -0.15) is 0 Å². The Hall–Kier alpha value is -2.75. The van der Waals surface area contributed by atoms with E-state index in [9.17, 15) is 4.79 Å². The second-order valence-corrected chi connectivity index (χ2v) is 11.6. The minimum atomic E-state index is 0.0578. The number of nitrogens with zero attached hydrogens (tertiary/aromatic N) is 4. The van der Waals surface area contributed by atoms with E-state index in [0.717, 1.165) is 60.2 Å². The van der Waals surface area contributed by atoms with Crippen LogP contribution in [-0.4, -0.2) is 36.6 Å². The number of thiazole rings is 1. The Kier molecular flexibility index (Phi) is 6.07. The van der Waals surface area contributed by atoms with Crippen LogP contribution in [0.1, 0.15) is 37.7 Å². The van der Waals surface area contributed by atoms with Crippen molar-refractivity contribution in [2.24, 2.45) is 0 Å². The van der Waals surface area contributed by atoms with Gasteiger partial charge in [-0.1, -0.05) is 72.7 Å². The first-order valence-electron chi connectivity index (χ1n) is 11.9. The van der Waals surface area contributed by atoms with Crippen molar-refractivity contribution in [1.29, 1.82) is 0 Å². The number of amides is 1. The smallest absolute Gasteiger partial charge is 0.230 e. The fraction of sp³-hybridized carbons (Fsp3) is 0.308. The maximum atomic E-state index is 12.8. The molecule has 0 atom stereocenters. The largest absolute Gasteiger partial charge is 0.353 e. The van der Waals surface area contributed by atoms with Crippen LogP contribution in [0.3, 0.4) is 0 Å². The van der Waals surface area contributed by atoms with Crippen molar-refractivity contribution < 1.29 is 4.79 Å². The minimum Gasteiger partial charge on any atom is -0.353 e. The maximum Gasteiger partial charge on any atom is 0.230 e. The van der Waals surface area contributed by atoms with E-state index in [4.69, 9.17) is 22.2 Å². The minimum absolute atomic E-state index is 0.0578. The van der Waals surface area contributed by atoms with Gasteiger partial charge < -0.3 is 5.32 Å². The molecule has 0 saturated heterocycles. The van der Waals surface area contributed by atoms with Crippen LogP contribution >= 0.6 is 35.3 Å². The summed E-state index contributed by atoms with van der Waals surface area (Å²) in [5.41, 5.74) is 5.63. The Bertz CT molecular complexity index is 1630. The predicted octanol–water partition coefficient (Wildman–Crippen LogP) is 6.47. The van der Waals surface area contributed by atoms with Crippen LogP contribution in [-0.2, 0) is 4.79 Å². The van der Waals surface area contributed by atoms with Crippen LogP contribution in [0.4, 0.5) is 0 Å². The molecule has 0 spiro atoms. The average Bonchev–Trinajstić information content (AvgIpc) is 3.41. The molecule has 5 aromatic rings. The number of aromatic nitrogens is 4.